The summed E-state index contributed by atoms with van der Waals surface area (Å²) in [6.07, 6.45) is 4.18. The van der Waals surface area contributed by atoms with E-state index in [1.165, 1.54) is 0 Å². The molecule has 1 aromatic carbocycles. The fourth-order valence-electron chi connectivity index (χ4n) is 3.09. The van der Waals surface area contributed by atoms with Crippen molar-refractivity contribution < 1.29 is 9.53 Å². The SMILES string of the molecule is CCOc1nccnc1N1CCC(N(C)C(=O)NCc2ccccc2)C1. The second-order valence-electron chi connectivity index (χ2n) is 6.26. The Morgan fingerprint density at radius 1 is 1.31 bits per heavy atom. The summed E-state index contributed by atoms with van der Waals surface area (Å²) in [6.45, 7) is 4.54. The molecule has 0 bridgehead atoms. The molecule has 7 heteroatoms. The first-order valence-corrected chi connectivity index (χ1v) is 8.92. The van der Waals surface area contributed by atoms with Crippen LogP contribution in [0, 0.1) is 0 Å². The van der Waals surface area contributed by atoms with Crippen molar-refractivity contribution in [2.75, 3.05) is 31.6 Å². The van der Waals surface area contributed by atoms with Gasteiger partial charge in [-0.25, -0.2) is 14.8 Å². The van der Waals surface area contributed by atoms with E-state index in [1.54, 1.807) is 17.3 Å². The number of amides is 2. The van der Waals surface area contributed by atoms with E-state index in [0.29, 0.717) is 25.6 Å². The highest BCUT2D eigenvalue weighted by atomic mass is 16.5. The molecule has 1 aliphatic heterocycles. The summed E-state index contributed by atoms with van der Waals surface area (Å²) < 4.78 is 5.57. The Bertz CT molecular complexity index is 725. The summed E-state index contributed by atoms with van der Waals surface area (Å²) in [6, 6.07) is 9.97. The first-order valence-electron chi connectivity index (χ1n) is 8.92. The standard InChI is InChI=1S/C19H25N5O2/c1-3-26-18-17(20-10-11-21-18)24-12-9-16(14-24)23(2)19(25)22-13-15-7-5-4-6-8-15/h4-8,10-11,16H,3,9,12-14H2,1-2H3,(H,22,25). The second-order valence-corrected chi connectivity index (χ2v) is 6.26. The second kappa shape index (κ2) is 8.51. The molecule has 0 saturated carbocycles. The van der Waals surface area contributed by atoms with Gasteiger partial charge in [0.25, 0.3) is 5.88 Å². The van der Waals surface area contributed by atoms with Crippen LogP contribution in [0.4, 0.5) is 10.6 Å². The number of benzene rings is 1. The van der Waals surface area contributed by atoms with Gasteiger partial charge in [0.15, 0.2) is 5.82 Å². The smallest absolute Gasteiger partial charge is 0.317 e. The number of anilines is 1. The van der Waals surface area contributed by atoms with Crippen LogP contribution in [-0.4, -0.2) is 53.7 Å². The van der Waals surface area contributed by atoms with E-state index < -0.39 is 0 Å². The van der Waals surface area contributed by atoms with E-state index >= 15 is 0 Å². The molecule has 2 amide bonds. The summed E-state index contributed by atoms with van der Waals surface area (Å²) in [7, 11) is 1.84. The van der Waals surface area contributed by atoms with Gasteiger partial charge in [-0.1, -0.05) is 30.3 Å². The molecule has 1 saturated heterocycles. The number of likely N-dealkylation sites (N-methyl/N-ethyl adjacent to an activating group) is 1. The third kappa shape index (κ3) is 4.22. The van der Waals surface area contributed by atoms with Gasteiger partial charge in [0.2, 0.25) is 0 Å². The molecule has 3 rings (SSSR count). The van der Waals surface area contributed by atoms with E-state index in [4.69, 9.17) is 4.74 Å². The van der Waals surface area contributed by atoms with Crippen LogP contribution in [0.1, 0.15) is 18.9 Å². The fraction of sp³-hybridized carbons (Fsp3) is 0.421. The molecular formula is C19H25N5O2. The molecule has 1 N–H and O–H groups in total. The minimum absolute atomic E-state index is 0.0649. The average Bonchev–Trinajstić information content (AvgIpc) is 3.17. The minimum Gasteiger partial charge on any atom is -0.475 e. The number of carbonyl (C=O) groups is 1. The Kier molecular flexibility index (Phi) is 5.88. The number of hydrogen-bond acceptors (Lipinski definition) is 5. The Morgan fingerprint density at radius 2 is 2.08 bits per heavy atom. The van der Waals surface area contributed by atoms with E-state index in [9.17, 15) is 4.79 Å². The van der Waals surface area contributed by atoms with Crippen LogP contribution in [-0.2, 0) is 6.54 Å². The molecule has 2 heterocycles. The number of nitrogens with one attached hydrogen (secondary N) is 1. The average molecular weight is 355 g/mol. The molecule has 1 atom stereocenters. The lowest BCUT2D eigenvalue weighted by atomic mass is 10.2. The molecule has 138 valence electrons. The zero-order valence-electron chi connectivity index (χ0n) is 15.3. The number of nitrogens with zero attached hydrogens (tertiary/aromatic N) is 4. The van der Waals surface area contributed by atoms with Crippen molar-refractivity contribution in [2.45, 2.75) is 25.9 Å². The predicted molar refractivity (Wildman–Crippen MR) is 100 cm³/mol. The monoisotopic (exact) mass is 355 g/mol. The van der Waals surface area contributed by atoms with Crippen molar-refractivity contribution in [3.63, 3.8) is 0 Å². The lowest BCUT2D eigenvalue weighted by Gasteiger charge is -2.25. The van der Waals surface area contributed by atoms with Crippen LogP contribution in [0.15, 0.2) is 42.7 Å². The van der Waals surface area contributed by atoms with Crippen molar-refractivity contribution in [2.24, 2.45) is 0 Å². The van der Waals surface area contributed by atoms with Gasteiger partial charge in [0, 0.05) is 39.1 Å². The van der Waals surface area contributed by atoms with Gasteiger partial charge in [-0.3, -0.25) is 0 Å². The van der Waals surface area contributed by atoms with Crippen molar-refractivity contribution in [3.8, 4) is 5.88 Å². The number of aromatic nitrogens is 2. The zero-order valence-corrected chi connectivity index (χ0v) is 15.3. The van der Waals surface area contributed by atoms with Crippen LogP contribution in [0.5, 0.6) is 5.88 Å². The fourth-order valence-corrected chi connectivity index (χ4v) is 3.09. The van der Waals surface area contributed by atoms with E-state index in [1.807, 2.05) is 44.3 Å². The van der Waals surface area contributed by atoms with E-state index in [0.717, 1.165) is 24.3 Å². The molecule has 7 nitrogen and oxygen atoms in total. The predicted octanol–water partition coefficient (Wildman–Crippen LogP) is 2.30. The molecular weight excluding hydrogens is 330 g/mol. The molecule has 26 heavy (non-hydrogen) atoms. The van der Waals surface area contributed by atoms with Crippen LogP contribution in [0.2, 0.25) is 0 Å². The maximum Gasteiger partial charge on any atom is 0.317 e. The molecule has 1 fully saturated rings. The topological polar surface area (TPSA) is 70.6 Å². The van der Waals surface area contributed by atoms with Crippen LogP contribution >= 0.6 is 0 Å². The first-order chi connectivity index (χ1) is 12.7. The number of hydrogen-bond donors (Lipinski definition) is 1. The zero-order chi connectivity index (χ0) is 18.4. The molecule has 1 aromatic heterocycles. The maximum absolute atomic E-state index is 12.5. The van der Waals surface area contributed by atoms with Crippen molar-refractivity contribution in [3.05, 3.63) is 48.3 Å². The van der Waals surface area contributed by atoms with Crippen molar-refractivity contribution in [1.29, 1.82) is 0 Å². The number of urea groups is 1. The molecule has 0 spiro atoms. The molecule has 1 unspecified atom stereocenters. The summed E-state index contributed by atoms with van der Waals surface area (Å²) in [5.41, 5.74) is 1.09. The first kappa shape index (κ1) is 18.0. The quantitative estimate of drug-likeness (QED) is 0.861. The number of rotatable bonds is 6. The number of ether oxygens (including phenoxy) is 1. The van der Waals surface area contributed by atoms with E-state index in [2.05, 4.69) is 20.2 Å². The summed E-state index contributed by atoms with van der Waals surface area (Å²) in [5, 5.41) is 2.98. The Morgan fingerprint density at radius 3 is 2.85 bits per heavy atom. The molecule has 0 aliphatic carbocycles. The van der Waals surface area contributed by atoms with Crippen LogP contribution < -0.4 is 15.0 Å². The third-order valence-corrected chi connectivity index (χ3v) is 4.55. The minimum atomic E-state index is -0.0649. The van der Waals surface area contributed by atoms with Crippen LogP contribution in [0.25, 0.3) is 0 Å². The van der Waals surface area contributed by atoms with Crippen LogP contribution in [0.3, 0.4) is 0 Å². The lowest BCUT2D eigenvalue weighted by molar-refractivity contribution is 0.194. The Labute approximate surface area is 154 Å². The highest BCUT2D eigenvalue weighted by Crippen LogP contribution is 2.27. The molecule has 2 aromatic rings. The van der Waals surface area contributed by atoms with Gasteiger partial charge >= 0.3 is 6.03 Å². The van der Waals surface area contributed by atoms with Crippen molar-refractivity contribution >= 4 is 11.8 Å². The normalized spacial score (nSPS) is 16.4. The number of carbonyl (C=O) groups excluding carboxylic acids is 1. The van der Waals surface area contributed by atoms with Crippen molar-refractivity contribution in [1.82, 2.24) is 20.2 Å². The largest absolute Gasteiger partial charge is 0.475 e. The highest BCUT2D eigenvalue weighted by Gasteiger charge is 2.30. The van der Waals surface area contributed by atoms with Gasteiger partial charge in [0.05, 0.1) is 12.6 Å². The molecule has 1 aliphatic rings. The van der Waals surface area contributed by atoms with Gasteiger partial charge in [-0.15, -0.1) is 0 Å². The third-order valence-electron chi connectivity index (χ3n) is 4.55. The summed E-state index contributed by atoms with van der Waals surface area (Å²) in [4.78, 5) is 25.0. The van der Waals surface area contributed by atoms with Gasteiger partial charge < -0.3 is 19.9 Å². The van der Waals surface area contributed by atoms with Gasteiger partial charge in [-0.05, 0) is 18.9 Å². The summed E-state index contributed by atoms with van der Waals surface area (Å²) in [5.74, 6) is 1.29. The molecule has 0 radical (unpaired) electrons. The van der Waals surface area contributed by atoms with Gasteiger partial charge in [0.1, 0.15) is 0 Å². The Balaban J connectivity index is 1.57. The summed E-state index contributed by atoms with van der Waals surface area (Å²) >= 11 is 0. The lowest BCUT2D eigenvalue weighted by Crippen LogP contribution is -2.44. The van der Waals surface area contributed by atoms with Gasteiger partial charge in [-0.2, -0.15) is 0 Å². The van der Waals surface area contributed by atoms with E-state index in [-0.39, 0.29) is 12.1 Å². The Hall–Kier alpha value is -2.83. The highest BCUT2D eigenvalue weighted by molar-refractivity contribution is 5.74. The maximum atomic E-state index is 12.5.